The second-order valence-corrected chi connectivity index (χ2v) is 6.51. The third-order valence-corrected chi connectivity index (χ3v) is 4.68. The van der Waals surface area contributed by atoms with E-state index in [-0.39, 0.29) is 11.8 Å². The van der Waals surface area contributed by atoms with Crippen LogP contribution in [0, 0.1) is 5.82 Å². The Morgan fingerprint density at radius 3 is 2.85 bits per heavy atom. The third kappa shape index (κ3) is 3.30. The van der Waals surface area contributed by atoms with E-state index in [2.05, 4.69) is 15.1 Å². The molecule has 0 aliphatic carbocycles. The molecule has 1 aliphatic heterocycles. The van der Waals surface area contributed by atoms with Gasteiger partial charge in [0.15, 0.2) is 5.82 Å². The number of benzene rings is 1. The fraction of sp³-hybridized carbons (Fsp3) is 0.222. The minimum absolute atomic E-state index is 0.0225. The van der Waals surface area contributed by atoms with Gasteiger partial charge in [0.2, 0.25) is 5.91 Å². The zero-order chi connectivity index (χ0) is 18.1. The van der Waals surface area contributed by atoms with Crippen molar-refractivity contribution in [2.24, 2.45) is 0 Å². The molecule has 0 bridgehead atoms. The highest BCUT2D eigenvalue weighted by molar-refractivity contribution is 6.31. The lowest BCUT2D eigenvalue weighted by Crippen LogP contribution is -2.24. The standard InChI is InChI=1S/C18H14ClFN4O2/c19-15-8-14(20)2-1-12(15)9-24-10-13(7-16(24)25)17-22-18(26-23-17)11-3-5-21-6-4-11/h1-6,8,13H,7,9-10H2. The molecule has 4 rings (SSSR count). The van der Waals surface area contributed by atoms with Crippen LogP contribution in [0.15, 0.2) is 47.2 Å². The largest absolute Gasteiger partial charge is 0.338 e. The number of likely N-dealkylation sites (tertiary alicyclic amines) is 1. The summed E-state index contributed by atoms with van der Waals surface area (Å²) in [4.78, 5) is 22.4. The molecule has 1 fully saturated rings. The lowest BCUT2D eigenvalue weighted by atomic mass is 10.1. The van der Waals surface area contributed by atoms with E-state index in [1.54, 1.807) is 35.5 Å². The predicted molar refractivity (Wildman–Crippen MR) is 91.7 cm³/mol. The molecule has 1 atom stereocenters. The van der Waals surface area contributed by atoms with Gasteiger partial charge in [-0.25, -0.2) is 4.39 Å². The van der Waals surface area contributed by atoms with Gasteiger partial charge in [-0.3, -0.25) is 9.78 Å². The monoisotopic (exact) mass is 372 g/mol. The van der Waals surface area contributed by atoms with E-state index in [1.807, 2.05) is 0 Å². The number of aromatic nitrogens is 3. The molecule has 0 saturated carbocycles. The van der Waals surface area contributed by atoms with Crippen LogP contribution in [0.5, 0.6) is 0 Å². The first-order valence-corrected chi connectivity index (χ1v) is 8.43. The molecule has 3 aromatic rings. The molecule has 1 amide bonds. The Bertz CT molecular complexity index is 947. The van der Waals surface area contributed by atoms with Gasteiger partial charge in [0, 0.05) is 48.4 Å². The fourth-order valence-electron chi connectivity index (χ4n) is 2.97. The average Bonchev–Trinajstić information content (AvgIpc) is 3.25. The highest BCUT2D eigenvalue weighted by atomic mass is 35.5. The van der Waals surface area contributed by atoms with Crippen molar-refractivity contribution in [3.05, 3.63) is 65.0 Å². The molecule has 1 unspecified atom stereocenters. The summed E-state index contributed by atoms with van der Waals surface area (Å²) in [6, 6.07) is 7.72. The van der Waals surface area contributed by atoms with E-state index in [0.717, 1.165) is 5.56 Å². The number of carbonyl (C=O) groups excluding carboxylic acids is 1. The summed E-state index contributed by atoms with van der Waals surface area (Å²) in [5, 5.41) is 4.32. The predicted octanol–water partition coefficient (Wildman–Crippen LogP) is 3.44. The third-order valence-electron chi connectivity index (χ3n) is 4.32. The normalized spacial score (nSPS) is 17.1. The summed E-state index contributed by atoms with van der Waals surface area (Å²) in [6.45, 7) is 0.783. The molecule has 132 valence electrons. The molecule has 1 saturated heterocycles. The fourth-order valence-corrected chi connectivity index (χ4v) is 3.19. The number of halogens is 2. The lowest BCUT2D eigenvalue weighted by Gasteiger charge is -2.17. The highest BCUT2D eigenvalue weighted by Gasteiger charge is 2.34. The summed E-state index contributed by atoms with van der Waals surface area (Å²) in [5.74, 6) is 0.319. The van der Waals surface area contributed by atoms with Crippen molar-refractivity contribution >= 4 is 17.5 Å². The molecule has 3 heterocycles. The van der Waals surface area contributed by atoms with Crippen molar-refractivity contribution in [3.8, 4) is 11.5 Å². The molecular formula is C18H14ClFN4O2. The Morgan fingerprint density at radius 2 is 2.08 bits per heavy atom. The summed E-state index contributed by atoms with van der Waals surface area (Å²) >= 11 is 6.06. The summed E-state index contributed by atoms with van der Waals surface area (Å²) in [7, 11) is 0. The van der Waals surface area contributed by atoms with Crippen LogP contribution in [0.2, 0.25) is 5.02 Å². The van der Waals surface area contributed by atoms with Gasteiger partial charge >= 0.3 is 0 Å². The first kappa shape index (κ1) is 16.7. The smallest absolute Gasteiger partial charge is 0.258 e. The van der Waals surface area contributed by atoms with Gasteiger partial charge in [-0.1, -0.05) is 22.8 Å². The van der Waals surface area contributed by atoms with Gasteiger partial charge in [-0.2, -0.15) is 4.98 Å². The van der Waals surface area contributed by atoms with Gasteiger partial charge < -0.3 is 9.42 Å². The van der Waals surface area contributed by atoms with Crippen molar-refractivity contribution in [1.82, 2.24) is 20.0 Å². The summed E-state index contributed by atoms with van der Waals surface area (Å²) in [5.41, 5.74) is 1.48. The van der Waals surface area contributed by atoms with Crippen molar-refractivity contribution in [3.63, 3.8) is 0 Å². The van der Waals surface area contributed by atoms with Crippen LogP contribution >= 0.6 is 11.6 Å². The average molecular weight is 373 g/mol. The van der Waals surface area contributed by atoms with Crippen LogP contribution in [-0.2, 0) is 11.3 Å². The Morgan fingerprint density at radius 1 is 1.27 bits per heavy atom. The number of pyridine rings is 1. The Labute approximate surface area is 153 Å². The van der Waals surface area contributed by atoms with Crippen LogP contribution in [0.3, 0.4) is 0 Å². The van der Waals surface area contributed by atoms with E-state index in [4.69, 9.17) is 16.1 Å². The number of amides is 1. The maximum Gasteiger partial charge on any atom is 0.258 e. The van der Waals surface area contributed by atoms with Crippen molar-refractivity contribution in [2.75, 3.05) is 6.54 Å². The first-order valence-electron chi connectivity index (χ1n) is 8.06. The molecule has 26 heavy (non-hydrogen) atoms. The zero-order valence-electron chi connectivity index (χ0n) is 13.6. The van der Waals surface area contributed by atoms with Gasteiger partial charge in [-0.15, -0.1) is 0 Å². The quantitative estimate of drug-likeness (QED) is 0.701. The lowest BCUT2D eigenvalue weighted by molar-refractivity contribution is -0.128. The van der Waals surface area contributed by atoms with Crippen molar-refractivity contribution in [1.29, 1.82) is 0 Å². The van der Waals surface area contributed by atoms with Gasteiger partial charge in [0.25, 0.3) is 5.89 Å². The highest BCUT2D eigenvalue weighted by Crippen LogP contribution is 2.30. The summed E-state index contributed by atoms with van der Waals surface area (Å²) < 4.78 is 18.5. The zero-order valence-corrected chi connectivity index (χ0v) is 14.4. The van der Waals surface area contributed by atoms with Crippen molar-refractivity contribution in [2.45, 2.75) is 18.9 Å². The minimum Gasteiger partial charge on any atom is -0.338 e. The number of hydrogen-bond donors (Lipinski definition) is 0. The van der Waals surface area contributed by atoms with Gasteiger partial charge in [0.1, 0.15) is 5.82 Å². The van der Waals surface area contributed by atoms with E-state index in [0.29, 0.717) is 41.8 Å². The van der Waals surface area contributed by atoms with E-state index < -0.39 is 5.82 Å². The number of hydrogen-bond acceptors (Lipinski definition) is 5. The molecule has 1 aliphatic rings. The molecule has 1 aromatic carbocycles. The van der Waals surface area contributed by atoms with Crippen LogP contribution in [0.25, 0.3) is 11.5 Å². The van der Waals surface area contributed by atoms with Crippen LogP contribution < -0.4 is 0 Å². The van der Waals surface area contributed by atoms with E-state index in [9.17, 15) is 9.18 Å². The molecule has 0 spiro atoms. The number of rotatable bonds is 4. The van der Waals surface area contributed by atoms with E-state index in [1.165, 1.54) is 12.1 Å². The van der Waals surface area contributed by atoms with Crippen LogP contribution in [0.1, 0.15) is 23.7 Å². The molecule has 0 N–H and O–H groups in total. The first-order chi connectivity index (χ1) is 12.6. The molecular weight excluding hydrogens is 359 g/mol. The SMILES string of the molecule is O=C1CC(c2noc(-c3ccncc3)n2)CN1Cc1ccc(F)cc1Cl. The van der Waals surface area contributed by atoms with E-state index >= 15 is 0 Å². The van der Waals surface area contributed by atoms with Crippen molar-refractivity contribution < 1.29 is 13.7 Å². The molecule has 6 nitrogen and oxygen atoms in total. The molecule has 2 aromatic heterocycles. The molecule has 8 heteroatoms. The second kappa shape index (κ2) is 6.84. The van der Waals surface area contributed by atoms with Gasteiger partial charge in [-0.05, 0) is 29.8 Å². The minimum atomic E-state index is -0.403. The Kier molecular flexibility index (Phi) is 4.38. The maximum absolute atomic E-state index is 13.2. The second-order valence-electron chi connectivity index (χ2n) is 6.10. The number of carbonyl (C=O) groups is 1. The Balaban J connectivity index is 1.49. The van der Waals surface area contributed by atoms with Crippen LogP contribution in [0.4, 0.5) is 4.39 Å². The van der Waals surface area contributed by atoms with Crippen LogP contribution in [-0.4, -0.2) is 32.5 Å². The maximum atomic E-state index is 13.2. The Hall–Kier alpha value is -2.80. The summed E-state index contributed by atoms with van der Waals surface area (Å²) in [6.07, 6.45) is 3.59. The molecule has 0 radical (unpaired) electrons. The number of nitrogens with zero attached hydrogens (tertiary/aromatic N) is 4. The topological polar surface area (TPSA) is 72.1 Å². The van der Waals surface area contributed by atoms with Gasteiger partial charge in [0.05, 0.1) is 0 Å².